The molecular formula is C7H9NO3S. The number of hydrogen-bond acceptors (Lipinski definition) is 5. The van der Waals surface area contributed by atoms with Crippen molar-refractivity contribution in [2.24, 2.45) is 0 Å². The van der Waals surface area contributed by atoms with Crippen LogP contribution in [0.1, 0.15) is 5.56 Å². The number of methoxy groups -OCH3 is 1. The molecule has 0 aromatic carbocycles. The Morgan fingerprint density at radius 3 is 2.75 bits per heavy atom. The summed E-state index contributed by atoms with van der Waals surface area (Å²) in [4.78, 5) is 10.7. The summed E-state index contributed by atoms with van der Waals surface area (Å²) >= 11 is 1.33. The summed E-state index contributed by atoms with van der Waals surface area (Å²) < 4.78 is 9.11. The van der Waals surface area contributed by atoms with E-state index in [-0.39, 0.29) is 0 Å². The van der Waals surface area contributed by atoms with Gasteiger partial charge in [-0.2, -0.15) is 0 Å². The Labute approximate surface area is 73.9 Å². The number of hydrogen-bond donors (Lipinski definition) is 1. The van der Waals surface area contributed by atoms with Gasteiger partial charge in [0.25, 0.3) is 0 Å². The second-order valence-corrected chi connectivity index (χ2v) is 3.08. The van der Waals surface area contributed by atoms with Crippen LogP contribution in [0.3, 0.4) is 0 Å². The van der Waals surface area contributed by atoms with Crippen LogP contribution in [-0.2, 0) is 4.74 Å². The Hall–Kier alpha value is -1.23. The minimum absolute atomic E-state index is 0.395. The number of rotatable bonds is 1. The first-order valence-electron chi connectivity index (χ1n) is 3.24. The third kappa shape index (κ3) is 1.68. The van der Waals surface area contributed by atoms with E-state index in [2.05, 4.69) is 4.74 Å². The van der Waals surface area contributed by atoms with Crippen molar-refractivity contribution in [3.05, 3.63) is 10.9 Å². The van der Waals surface area contributed by atoms with Crippen molar-refractivity contribution in [3.63, 3.8) is 0 Å². The summed E-state index contributed by atoms with van der Waals surface area (Å²) in [7, 11) is 1.25. The zero-order valence-electron chi connectivity index (χ0n) is 6.79. The van der Waals surface area contributed by atoms with Gasteiger partial charge in [-0.3, -0.25) is 0 Å². The molecule has 1 rings (SSSR count). The summed E-state index contributed by atoms with van der Waals surface area (Å²) in [6.07, 6.45) is -0.747. The Kier molecular flexibility index (Phi) is 2.54. The SMILES string of the molecule is COC(=O)Oc1c(C)csc1N. The van der Waals surface area contributed by atoms with E-state index in [4.69, 9.17) is 10.5 Å². The fraction of sp³-hybridized carbons (Fsp3) is 0.286. The third-order valence-corrected chi connectivity index (χ3v) is 2.21. The van der Waals surface area contributed by atoms with Gasteiger partial charge in [0.1, 0.15) is 5.00 Å². The highest BCUT2D eigenvalue weighted by Gasteiger charge is 2.11. The lowest BCUT2D eigenvalue weighted by Crippen LogP contribution is -2.08. The second kappa shape index (κ2) is 3.44. The maximum absolute atomic E-state index is 10.7. The molecule has 0 bridgehead atoms. The molecule has 0 aliphatic carbocycles. The van der Waals surface area contributed by atoms with Crippen molar-refractivity contribution in [2.75, 3.05) is 12.8 Å². The summed E-state index contributed by atoms with van der Waals surface area (Å²) in [5.41, 5.74) is 6.37. The van der Waals surface area contributed by atoms with Crippen molar-refractivity contribution in [1.82, 2.24) is 0 Å². The number of thiophene rings is 1. The summed E-state index contributed by atoms with van der Waals surface area (Å²) in [5, 5.41) is 2.30. The molecule has 0 saturated heterocycles. The largest absolute Gasteiger partial charge is 0.513 e. The second-order valence-electron chi connectivity index (χ2n) is 2.17. The van der Waals surface area contributed by atoms with Crippen LogP contribution in [0.4, 0.5) is 9.80 Å². The van der Waals surface area contributed by atoms with Crippen molar-refractivity contribution >= 4 is 22.5 Å². The molecule has 1 heterocycles. The van der Waals surface area contributed by atoms with E-state index in [9.17, 15) is 4.79 Å². The van der Waals surface area contributed by atoms with Crippen LogP contribution in [0.25, 0.3) is 0 Å². The molecule has 1 aromatic heterocycles. The Morgan fingerprint density at radius 1 is 1.67 bits per heavy atom. The first-order chi connectivity index (χ1) is 5.65. The highest BCUT2D eigenvalue weighted by molar-refractivity contribution is 7.14. The van der Waals surface area contributed by atoms with E-state index < -0.39 is 6.16 Å². The van der Waals surface area contributed by atoms with Gasteiger partial charge in [0.05, 0.1) is 7.11 Å². The maximum atomic E-state index is 10.7. The number of nitrogen functional groups attached to an aromatic ring is 1. The Balaban J connectivity index is 2.80. The molecule has 66 valence electrons. The standard InChI is InChI=1S/C7H9NO3S/c1-4-3-12-6(8)5(4)11-7(9)10-2/h3H,8H2,1-2H3. The Bertz CT molecular complexity index is 275. The normalized spacial score (nSPS) is 9.50. The lowest BCUT2D eigenvalue weighted by Gasteiger charge is -2.01. The number of carbonyl (C=O) groups excluding carboxylic acids is 1. The zero-order chi connectivity index (χ0) is 9.14. The van der Waals surface area contributed by atoms with Crippen molar-refractivity contribution in [1.29, 1.82) is 0 Å². The summed E-state index contributed by atoms with van der Waals surface area (Å²) in [6, 6.07) is 0. The van der Waals surface area contributed by atoms with Crippen LogP contribution in [0, 0.1) is 6.92 Å². The number of ether oxygens (including phenoxy) is 2. The van der Waals surface area contributed by atoms with Gasteiger partial charge in [0.15, 0.2) is 5.75 Å². The predicted octanol–water partition coefficient (Wildman–Crippen LogP) is 1.78. The topological polar surface area (TPSA) is 61.5 Å². The van der Waals surface area contributed by atoms with Gasteiger partial charge in [-0.1, -0.05) is 0 Å². The molecule has 0 aliphatic heterocycles. The molecule has 0 fully saturated rings. The van der Waals surface area contributed by atoms with E-state index in [1.165, 1.54) is 18.4 Å². The van der Waals surface area contributed by atoms with Gasteiger partial charge < -0.3 is 15.2 Å². The fourth-order valence-corrected chi connectivity index (χ4v) is 1.43. The molecule has 2 N–H and O–H groups in total. The lowest BCUT2D eigenvalue weighted by molar-refractivity contribution is 0.121. The van der Waals surface area contributed by atoms with Crippen LogP contribution in [-0.4, -0.2) is 13.3 Å². The summed E-state index contributed by atoms with van der Waals surface area (Å²) in [5.74, 6) is 0.395. The number of nitrogens with two attached hydrogens (primary N) is 1. The van der Waals surface area contributed by atoms with Gasteiger partial charge in [-0.15, -0.1) is 11.3 Å². The van der Waals surface area contributed by atoms with Crippen molar-refractivity contribution in [3.8, 4) is 5.75 Å². The van der Waals surface area contributed by atoms with Gasteiger partial charge in [0.2, 0.25) is 0 Å². The first kappa shape index (κ1) is 8.86. The molecule has 4 nitrogen and oxygen atoms in total. The van der Waals surface area contributed by atoms with Crippen LogP contribution in [0.2, 0.25) is 0 Å². The summed E-state index contributed by atoms with van der Waals surface area (Å²) in [6.45, 7) is 1.81. The number of anilines is 1. The van der Waals surface area contributed by atoms with Crippen LogP contribution in [0.5, 0.6) is 5.75 Å². The van der Waals surface area contributed by atoms with E-state index >= 15 is 0 Å². The molecule has 0 atom stereocenters. The molecule has 0 radical (unpaired) electrons. The molecular weight excluding hydrogens is 178 g/mol. The first-order valence-corrected chi connectivity index (χ1v) is 4.12. The molecule has 0 aliphatic rings. The highest BCUT2D eigenvalue weighted by Crippen LogP contribution is 2.32. The van der Waals surface area contributed by atoms with Gasteiger partial charge in [0, 0.05) is 5.56 Å². The van der Waals surface area contributed by atoms with Crippen LogP contribution in [0.15, 0.2) is 5.38 Å². The number of aryl methyl sites for hydroxylation is 1. The molecule has 0 spiro atoms. The monoisotopic (exact) mass is 187 g/mol. The van der Waals surface area contributed by atoms with E-state index in [1.54, 1.807) is 0 Å². The van der Waals surface area contributed by atoms with E-state index in [0.29, 0.717) is 10.8 Å². The lowest BCUT2D eigenvalue weighted by atomic mass is 10.3. The van der Waals surface area contributed by atoms with Crippen molar-refractivity contribution < 1.29 is 14.3 Å². The minimum Gasteiger partial charge on any atom is -0.437 e. The molecule has 0 saturated carbocycles. The zero-order valence-corrected chi connectivity index (χ0v) is 7.60. The molecule has 1 aromatic rings. The minimum atomic E-state index is -0.747. The molecule has 0 unspecified atom stereocenters. The molecule has 5 heteroatoms. The van der Waals surface area contributed by atoms with E-state index in [1.807, 2.05) is 12.3 Å². The van der Waals surface area contributed by atoms with Crippen LogP contribution >= 0.6 is 11.3 Å². The number of carbonyl (C=O) groups is 1. The average molecular weight is 187 g/mol. The highest BCUT2D eigenvalue weighted by atomic mass is 32.1. The van der Waals surface area contributed by atoms with Crippen molar-refractivity contribution in [2.45, 2.75) is 6.92 Å². The predicted molar refractivity (Wildman–Crippen MR) is 46.5 cm³/mol. The van der Waals surface area contributed by atoms with Gasteiger partial charge in [-0.25, -0.2) is 4.79 Å². The van der Waals surface area contributed by atoms with E-state index in [0.717, 1.165) is 5.56 Å². The average Bonchev–Trinajstić information content (AvgIpc) is 2.35. The molecule has 0 amide bonds. The Morgan fingerprint density at radius 2 is 2.33 bits per heavy atom. The van der Waals surface area contributed by atoms with Gasteiger partial charge in [-0.05, 0) is 12.3 Å². The van der Waals surface area contributed by atoms with Crippen LogP contribution < -0.4 is 10.5 Å². The quantitative estimate of drug-likeness (QED) is 0.681. The smallest absolute Gasteiger partial charge is 0.437 e. The molecule has 12 heavy (non-hydrogen) atoms. The third-order valence-electron chi connectivity index (χ3n) is 1.30. The maximum Gasteiger partial charge on any atom is 0.513 e. The van der Waals surface area contributed by atoms with Gasteiger partial charge >= 0.3 is 6.16 Å². The fourth-order valence-electron chi connectivity index (χ4n) is 0.709.